The second-order valence-electron chi connectivity index (χ2n) is 5.25. The van der Waals surface area contributed by atoms with Crippen LogP contribution in [0.2, 0.25) is 0 Å². The van der Waals surface area contributed by atoms with Gasteiger partial charge < -0.3 is 10.6 Å². The molecule has 2 rings (SSSR count). The Morgan fingerprint density at radius 1 is 0.826 bits per heavy atom. The first-order valence-corrected chi connectivity index (χ1v) is 8.50. The minimum absolute atomic E-state index is 0.106. The van der Waals surface area contributed by atoms with Crippen molar-refractivity contribution in [3.05, 3.63) is 59.7 Å². The lowest BCUT2D eigenvalue weighted by atomic mass is 10.1. The van der Waals surface area contributed by atoms with E-state index in [0.717, 1.165) is 16.9 Å². The summed E-state index contributed by atoms with van der Waals surface area (Å²) in [5, 5.41) is 5.63. The highest BCUT2D eigenvalue weighted by atomic mass is 32.2. The molecule has 0 aromatic heterocycles. The molecule has 0 aliphatic heterocycles. The fourth-order valence-electron chi connectivity index (χ4n) is 1.97. The molecule has 0 heterocycles. The third-order valence-electron chi connectivity index (χ3n) is 3.31. The van der Waals surface area contributed by atoms with E-state index in [0.29, 0.717) is 0 Å². The summed E-state index contributed by atoms with van der Waals surface area (Å²) < 4.78 is 0. The Morgan fingerprint density at radius 2 is 1.43 bits per heavy atom. The van der Waals surface area contributed by atoms with Crippen LogP contribution in [-0.4, -0.2) is 23.3 Å². The van der Waals surface area contributed by atoms with Crippen LogP contribution in [0, 0.1) is 13.8 Å². The van der Waals surface area contributed by atoms with E-state index in [-0.39, 0.29) is 23.3 Å². The molecule has 0 radical (unpaired) electrons. The zero-order valence-corrected chi connectivity index (χ0v) is 14.1. The van der Waals surface area contributed by atoms with Crippen molar-refractivity contribution in [1.82, 2.24) is 0 Å². The molecule has 0 bridgehead atoms. The molecule has 0 unspecified atom stereocenters. The molecule has 23 heavy (non-hydrogen) atoms. The first kappa shape index (κ1) is 17.1. The molecule has 2 aromatic carbocycles. The highest BCUT2D eigenvalue weighted by Crippen LogP contribution is 2.14. The van der Waals surface area contributed by atoms with Crippen molar-refractivity contribution in [2.24, 2.45) is 0 Å². The number of hydrogen-bond donors (Lipinski definition) is 2. The Labute approximate surface area is 140 Å². The highest BCUT2D eigenvalue weighted by Gasteiger charge is 2.07. The average Bonchev–Trinajstić information content (AvgIpc) is 2.52. The van der Waals surface area contributed by atoms with E-state index in [1.54, 1.807) is 0 Å². The quantitative estimate of drug-likeness (QED) is 0.851. The summed E-state index contributed by atoms with van der Waals surface area (Å²) in [4.78, 5) is 23.7. The van der Waals surface area contributed by atoms with Gasteiger partial charge in [0.05, 0.1) is 11.5 Å². The molecular formula is C18H20N2O2S. The first-order valence-electron chi connectivity index (χ1n) is 7.34. The Balaban J connectivity index is 1.72. The van der Waals surface area contributed by atoms with Crippen LogP contribution in [0.4, 0.5) is 11.4 Å². The van der Waals surface area contributed by atoms with Crippen LogP contribution >= 0.6 is 11.8 Å². The van der Waals surface area contributed by atoms with Crippen LogP contribution in [-0.2, 0) is 9.59 Å². The van der Waals surface area contributed by atoms with Crippen molar-refractivity contribution >= 4 is 35.0 Å². The molecule has 0 saturated heterocycles. The van der Waals surface area contributed by atoms with Gasteiger partial charge in [0, 0.05) is 11.4 Å². The molecule has 120 valence electrons. The van der Waals surface area contributed by atoms with Gasteiger partial charge in [-0.3, -0.25) is 9.59 Å². The van der Waals surface area contributed by atoms with Crippen LogP contribution in [0.25, 0.3) is 0 Å². The van der Waals surface area contributed by atoms with Gasteiger partial charge in [0.1, 0.15) is 0 Å². The Hall–Kier alpha value is -2.27. The van der Waals surface area contributed by atoms with Crippen molar-refractivity contribution in [2.75, 3.05) is 22.1 Å². The summed E-state index contributed by atoms with van der Waals surface area (Å²) in [6.07, 6.45) is 0. The largest absolute Gasteiger partial charge is 0.325 e. The van der Waals surface area contributed by atoms with E-state index in [4.69, 9.17) is 0 Å². The van der Waals surface area contributed by atoms with Crippen molar-refractivity contribution in [1.29, 1.82) is 0 Å². The summed E-state index contributed by atoms with van der Waals surface area (Å²) >= 11 is 1.29. The van der Waals surface area contributed by atoms with Crippen LogP contribution in [0.5, 0.6) is 0 Å². The fraction of sp³-hybridized carbons (Fsp3) is 0.222. The number of nitrogens with one attached hydrogen (secondary N) is 2. The Kier molecular flexibility index (Phi) is 6.23. The van der Waals surface area contributed by atoms with E-state index < -0.39 is 0 Å². The molecule has 0 atom stereocenters. The van der Waals surface area contributed by atoms with Crippen molar-refractivity contribution < 1.29 is 9.59 Å². The maximum absolute atomic E-state index is 11.9. The van der Waals surface area contributed by atoms with E-state index in [9.17, 15) is 9.59 Å². The highest BCUT2D eigenvalue weighted by molar-refractivity contribution is 8.00. The Morgan fingerprint density at radius 3 is 2.04 bits per heavy atom. The number of hydrogen-bond acceptors (Lipinski definition) is 3. The summed E-state index contributed by atoms with van der Waals surface area (Å²) in [6, 6.07) is 15.1. The first-order chi connectivity index (χ1) is 11.0. The predicted octanol–water partition coefficient (Wildman–Crippen LogP) is 3.61. The standard InChI is InChI=1S/C18H20N2O2S/c1-13-8-9-16(10-14(13)2)20-18(22)12-23-11-17(21)19-15-6-4-3-5-7-15/h3-10H,11-12H2,1-2H3,(H,19,21)(H,20,22). The summed E-state index contributed by atoms with van der Waals surface area (Å²) in [5.41, 5.74) is 3.87. The third kappa shape index (κ3) is 5.79. The monoisotopic (exact) mass is 328 g/mol. The van der Waals surface area contributed by atoms with Gasteiger partial charge >= 0.3 is 0 Å². The molecule has 0 saturated carbocycles. The van der Waals surface area contributed by atoms with Crippen molar-refractivity contribution in [2.45, 2.75) is 13.8 Å². The molecule has 2 aromatic rings. The fourth-order valence-corrected chi connectivity index (χ4v) is 2.59. The maximum Gasteiger partial charge on any atom is 0.234 e. The van der Waals surface area contributed by atoms with Crippen molar-refractivity contribution in [3.8, 4) is 0 Å². The minimum Gasteiger partial charge on any atom is -0.325 e. The summed E-state index contributed by atoms with van der Waals surface area (Å²) in [7, 11) is 0. The molecule has 5 heteroatoms. The lowest BCUT2D eigenvalue weighted by Crippen LogP contribution is -2.18. The maximum atomic E-state index is 11.9. The second kappa shape index (κ2) is 8.39. The zero-order valence-electron chi connectivity index (χ0n) is 13.3. The number of anilines is 2. The lowest BCUT2D eigenvalue weighted by Gasteiger charge is -2.08. The number of thioether (sulfide) groups is 1. The molecule has 2 amide bonds. The average molecular weight is 328 g/mol. The van der Waals surface area contributed by atoms with E-state index >= 15 is 0 Å². The van der Waals surface area contributed by atoms with E-state index in [1.807, 2.05) is 62.4 Å². The number of amides is 2. The summed E-state index contributed by atoms with van der Waals surface area (Å²) in [6.45, 7) is 4.04. The molecule has 4 nitrogen and oxygen atoms in total. The smallest absolute Gasteiger partial charge is 0.234 e. The van der Waals surface area contributed by atoms with Crippen LogP contribution in [0.15, 0.2) is 48.5 Å². The van der Waals surface area contributed by atoms with Gasteiger partial charge in [-0.15, -0.1) is 11.8 Å². The number of para-hydroxylation sites is 1. The van der Waals surface area contributed by atoms with Gasteiger partial charge in [-0.2, -0.15) is 0 Å². The molecule has 0 spiro atoms. The molecule has 0 aliphatic rings. The Bertz CT molecular complexity index is 687. The number of aryl methyl sites for hydroxylation is 2. The third-order valence-corrected chi connectivity index (χ3v) is 4.25. The van der Waals surface area contributed by atoms with Crippen LogP contribution in [0.3, 0.4) is 0 Å². The van der Waals surface area contributed by atoms with E-state index in [2.05, 4.69) is 10.6 Å². The summed E-state index contributed by atoms with van der Waals surface area (Å²) in [5.74, 6) is 0.274. The van der Waals surface area contributed by atoms with Gasteiger partial charge in [-0.05, 0) is 49.2 Å². The van der Waals surface area contributed by atoms with Gasteiger partial charge in [0.2, 0.25) is 11.8 Å². The van der Waals surface area contributed by atoms with Crippen LogP contribution in [0.1, 0.15) is 11.1 Å². The van der Waals surface area contributed by atoms with E-state index in [1.165, 1.54) is 17.3 Å². The normalized spacial score (nSPS) is 10.2. The van der Waals surface area contributed by atoms with Crippen molar-refractivity contribution in [3.63, 3.8) is 0 Å². The van der Waals surface area contributed by atoms with Gasteiger partial charge in [0.15, 0.2) is 0 Å². The van der Waals surface area contributed by atoms with Crippen LogP contribution < -0.4 is 10.6 Å². The zero-order chi connectivity index (χ0) is 16.7. The van der Waals surface area contributed by atoms with Gasteiger partial charge in [-0.1, -0.05) is 24.3 Å². The number of carbonyl (C=O) groups is 2. The number of rotatable bonds is 6. The SMILES string of the molecule is Cc1ccc(NC(=O)CSCC(=O)Nc2ccccc2)cc1C. The molecular weight excluding hydrogens is 308 g/mol. The molecule has 0 aliphatic carbocycles. The number of benzene rings is 2. The van der Waals surface area contributed by atoms with Gasteiger partial charge in [0.25, 0.3) is 0 Å². The second-order valence-corrected chi connectivity index (χ2v) is 6.24. The molecule has 0 fully saturated rings. The molecule has 2 N–H and O–H groups in total. The number of carbonyl (C=O) groups excluding carboxylic acids is 2. The lowest BCUT2D eigenvalue weighted by molar-refractivity contribution is -0.114. The van der Waals surface area contributed by atoms with Gasteiger partial charge in [-0.25, -0.2) is 0 Å². The topological polar surface area (TPSA) is 58.2 Å². The predicted molar refractivity (Wildman–Crippen MR) is 96.9 cm³/mol. The minimum atomic E-state index is -0.111.